The highest BCUT2D eigenvalue weighted by atomic mass is 16.1. The third-order valence-corrected chi connectivity index (χ3v) is 4.81. The van der Waals surface area contributed by atoms with Crippen molar-refractivity contribution in [3.63, 3.8) is 0 Å². The van der Waals surface area contributed by atoms with Crippen LogP contribution in [-0.2, 0) is 6.54 Å². The number of nitrogen functional groups attached to an aromatic ring is 1. The van der Waals surface area contributed by atoms with Gasteiger partial charge in [0, 0.05) is 12.7 Å². The average Bonchev–Trinajstić information content (AvgIpc) is 3.07. The Kier molecular flexibility index (Phi) is 9.55. The predicted octanol–water partition coefficient (Wildman–Crippen LogP) is 3.54. The first-order valence-corrected chi connectivity index (χ1v) is 10.5. The first-order valence-electron chi connectivity index (χ1n) is 10.5. The molecule has 0 radical (unpaired) electrons. The molecule has 0 aliphatic rings. The minimum Gasteiger partial charge on any atom is -0.382 e. The number of carbonyl (C=O) groups excluding carboxylic acids is 1. The second kappa shape index (κ2) is 12.2. The molecule has 6 heteroatoms. The molecule has 2 rings (SSSR count). The van der Waals surface area contributed by atoms with E-state index < -0.39 is 0 Å². The van der Waals surface area contributed by atoms with E-state index in [2.05, 4.69) is 29.2 Å². The van der Waals surface area contributed by atoms with Crippen LogP contribution in [0.3, 0.4) is 0 Å². The highest BCUT2D eigenvalue weighted by molar-refractivity contribution is 5.98. The number of unbranched alkanes of at least 4 members (excludes halogenated alkanes) is 2. The van der Waals surface area contributed by atoms with Crippen LogP contribution in [0.15, 0.2) is 36.5 Å². The number of anilines is 1. The third-order valence-electron chi connectivity index (χ3n) is 4.81. The monoisotopic (exact) mass is 385 g/mol. The molecular weight excluding hydrogens is 350 g/mol. The van der Waals surface area contributed by atoms with Crippen LogP contribution in [0.25, 0.3) is 0 Å². The van der Waals surface area contributed by atoms with E-state index in [1.807, 2.05) is 30.3 Å². The molecule has 0 saturated heterocycles. The second-order valence-electron chi connectivity index (χ2n) is 7.27. The van der Waals surface area contributed by atoms with Crippen molar-refractivity contribution in [1.29, 1.82) is 0 Å². The van der Waals surface area contributed by atoms with Crippen molar-refractivity contribution in [2.75, 3.05) is 31.9 Å². The number of benzene rings is 1. The van der Waals surface area contributed by atoms with E-state index in [1.165, 1.54) is 25.7 Å². The van der Waals surface area contributed by atoms with Crippen molar-refractivity contribution in [2.24, 2.45) is 0 Å². The van der Waals surface area contributed by atoms with Gasteiger partial charge in [0.1, 0.15) is 5.56 Å². The number of nitrogens with two attached hydrogens (primary N) is 1. The van der Waals surface area contributed by atoms with Gasteiger partial charge >= 0.3 is 0 Å². The number of rotatable bonds is 13. The molecule has 0 saturated carbocycles. The van der Waals surface area contributed by atoms with Gasteiger partial charge in [0.25, 0.3) is 5.91 Å². The molecule has 3 N–H and O–H groups in total. The van der Waals surface area contributed by atoms with Crippen LogP contribution >= 0.6 is 0 Å². The van der Waals surface area contributed by atoms with Gasteiger partial charge in [-0.2, -0.15) is 5.10 Å². The fourth-order valence-corrected chi connectivity index (χ4v) is 3.16. The number of nitrogens with one attached hydrogen (secondary N) is 1. The zero-order chi connectivity index (χ0) is 20.2. The molecule has 0 atom stereocenters. The summed E-state index contributed by atoms with van der Waals surface area (Å²) in [5.74, 6) is 0.131. The van der Waals surface area contributed by atoms with Gasteiger partial charge in [0.15, 0.2) is 5.82 Å². The zero-order valence-corrected chi connectivity index (χ0v) is 17.4. The Morgan fingerprint density at radius 1 is 1.07 bits per heavy atom. The summed E-state index contributed by atoms with van der Waals surface area (Å²) in [5, 5.41) is 7.26. The fourth-order valence-electron chi connectivity index (χ4n) is 3.16. The number of hydrogen-bond donors (Lipinski definition) is 2. The minimum absolute atomic E-state index is 0.148. The molecule has 0 unspecified atom stereocenters. The molecule has 1 amide bonds. The molecule has 0 fully saturated rings. The molecule has 6 nitrogen and oxygen atoms in total. The van der Waals surface area contributed by atoms with Crippen LogP contribution in [-0.4, -0.2) is 46.8 Å². The summed E-state index contributed by atoms with van der Waals surface area (Å²) >= 11 is 0. The van der Waals surface area contributed by atoms with E-state index in [1.54, 1.807) is 10.9 Å². The molecule has 0 spiro atoms. The van der Waals surface area contributed by atoms with Gasteiger partial charge in [-0.3, -0.25) is 9.48 Å². The van der Waals surface area contributed by atoms with Gasteiger partial charge in [0.05, 0.1) is 6.54 Å². The zero-order valence-electron chi connectivity index (χ0n) is 17.4. The number of amides is 1. The molecule has 0 aliphatic heterocycles. The maximum absolute atomic E-state index is 12.5. The molecule has 0 bridgehead atoms. The Bertz CT molecular complexity index is 690. The highest BCUT2D eigenvalue weighted by Crippen LogP contribution is 2.11. The number of hydrogen-bond acceptors (Lipinski definition) is 4. The maximum Gasteiger partial charge on any atom is 0.256 e. The van der Waals surface area contributed by atoms with Crippen LogP contribution in [0.4, 0.5) is 5.82 Å². The van der Waals surface area contributed by atoms with E-state index in [-0.39, 0.29) is 11.7 Å². The molecule has 0 aliphatic carbocycles. The number of carbonyl (C=O) groups is 1. The lowest BCUT2D eigenvalue weighted by Crippen LogP contribution is -2.31. The van der Waals surface area contributed by atoms with E-state index in [4.69, 9.17) is 5.73 Å². The summed E-state index contributed by atoms with van der Waals surface area (Å²) in [5.41, 5.74) is 7.53. The van der Waals surface area contributed by atoms with Crippen molar-refractivity contribution in [3.8, 4) is 0 Å². The van der Waals surface area contributed by atoms with E-state index >= 15 is 0 Å². The molecule has 28 heavy (non-hydrogen) atoms. The lowest BCUT2D eigenvalue weighted by atomic mass is 10.2. The Labute approximate surface area is 169 Å². The predicted molar refractivity (Wildman–Crippen MR) is 115 cm³/mol. The Morgan fingerprint density at radius 2 is 1.71 bits per heavy atom. The first kappa shape index (κ1) is 22.0. The molecule has 1 aromatic carbocycles. The SMILES string of the molecule is CCCCN(CCCC)CCCNC(=O)c1cn(Cc2ccccc2)nc1N. The lowest BCUT2D eigenvalue weighted by molar-refractivity contribution is 0.0952. The van der Waals surface area contributed by atoms with Gasteiger partial charge in [0.2, 0.25) is 0 Å². The van der Waals surface area contributed by atoms with Crippen molar-refractivity contribution >= 4 is 11.7 Å². The van der Waals surface area contributed by atoms with Gasteiger partial charge in [-0.1, -0.05) is 57.0 Å². The average molecular weight is 386 g/mol. The minimum atomic E-state index is -0.148. The van der Waals surface area contributed by atoms with Gasteiger partial charge in [-0.05, 0) is 44.5 Å². The smallest absolute Gasteiger partial charge is 0.256 e. The van der Waals surface area contributed by atoms with Crippen LogP contribution in [0, 0.1) is 0 Å². The maximum atomic E-state index is 12.5. The topological polar surface area (TPSA) is 76.2 Å². The van der Waals surface area contributed by atoms with E-state index in [0.717, 1.165) is 31.6 Å². The molecule has 154 valence electrons. The Hall–Kier alpha value is -2.34. The Balaban J connectivity index is 1.79. The fraction of sp³-hybridized carbons (Fsp3) is 0.545. The second-order valence-corrected chi connectivity index (χ2v) is 7.27. The van der Waals surface area contributed by atoms with E-state index in [0.29, 0.717) is 18.7 Å². The number of nitrogens with zero attached hydrogens (tertiary/aromatic N) is 3. The van der Waals surface area contributed by atoms with Crippen molar-refractivity contribution < 1.29 is 4.79 Å². The highest BCUT2D eigenvalue weighted by Gasteiger charge is 2.14. The van der Waals surface area contributed by atoms with E-state index in [9.17, 15) is 4.79 Å². The quantitative estimate of drug-likeness (QED) is 0.517. The van der Waals surface area contributed by atoms with Crippen LogP contribution < -0.4 is 11.1 Å². The van der Waals surface area contributed by atoms with Crippen molar-refractivity contribution in [3.05, 3.63) is 47.7 Å². The van der Waals surface area contributed by atoms with Crippen LogP contribution in [0.5, 0.6) is 0 Å². The largest absolute Gasteiger partial charge is 0.382 e. The summed E-state index contributed by atoms with van der Waals surface area (Å²) in [4.78, 5) is 15.0. The summed E-state index contributed by atoms with van der Waals surface area (Å²) in [6.07, 6.45) is 7.56. The summed E-state index contributed by atoms with van der Waals surface area (Å²) in [6.45, 7) is 9.00. The van der Waals surface area contributed by atoms with Gasteiger partial charge in [-0.25, -0.2) is 0 Å². The third kappa shape index (κ3) is 7.35. The standard InChI is InChI=1S/C22H35N5O/c1-3-5-14-26(15-6-4-2)16-10-13-24-22(28)20-18-27(25-21(20)23)17-19-11-8-7-9-12-19/h7-9,11-12,18H,3-6,10,13-17H2,1-2H3,(H2,23,25)(H,24,28). The molecule has 2 aromatic rings. The Morgan fingerprint density at radius 3 is 2.36 bits per heavy atom. The molecule has 1 aromatic heterocycles. The van der Waals surface area contributed by atoms with Crippen molar-refractivity contribution in [1.82, 2.24) is 20.0 Å². The molecular formula is C22H35N5O. The van der Waals surface area contributed by atoms with Crippen molar-refractivity contribution in [2.45, 2.75) is 52.5 Å². The summed E-state index contributed by atoms with van der Waals surface area (Å²) in [7, 11) is 0. The summed E-state index contributed by atoms with van der Waals surface area (Å²) in [6, 6.07) is 10.0. The summed E-state index contributed by atoms with van der Waals surface area (Å²) < 4.78 is 1.72. The van der Waals surface area contributed by atoms with Crippen LogP contribution in [0.2, 0.25) is 0 Å². The molecule has 1 heterocycles. The number of aromatic nitrogens is 2. The first-order chi connectivity index (χ1) is 13.6. The van der Waals surface area contributed by atoms with Gasteiger partial charge in [-0.15, -0.1) is 0 Å². The van der Waals surface area contributed by atoms with Gasteiger partial charge < -0.3 is 16.0 Å². The normalized spacial score (nSPS) is 11.1. The van der Waals surface area contributed by atoms with Crippen LogP contribution in [0.1, 0.15) is 61.9 Å². The lowest BCUT2D eigenvalue weighted by Gasteiger charge is -2.21.